The number of ether oxygens (including phenoxy) is 1. The Kier molecular flexibility index (Phi) is 5.23. The van der Waals surface area contributed by atoms with E-state index >= 15 is 0 Å². The van der Waals surface area contributed by atoms with Crippen LogP contribution in [0.1, 0.15) is 17.5 Å². The van der Waals surface area contributed by atoms with Crippen molar-refractivity contribution < 1.29 is 14.1 Å². The molecule has 0 saturated carbocycles. The van der Waals surface area contributed by atoms with Crippen LogP contribution in [0.5, 0.6) is 0 Å². The molecule has 1 atom stereocenters. The van der Waals surface area contributed by atoms with Gasteiger partial charge in [-0.05, 0) is 19.1 Å². The Morgan fingerprint density at radius 3 is 2.81 bits per heavy atom. The molecule has 8 nitrogen and oxygen atoms in total. The molecule has 8 heteroatoms. The summed E-state index contributed by atoms with van der Waals surface area (Å²) >= 11 is 0. The van der Waals surface area contributed by atoms with Crippen LogP contribution in [0.25, 0.3) is 11.4 Å². The molecule has 26 heavy (non-hydrogen) atoms. The standard InChI is InChI=1S/C18H18N4O4/c1-12-9-17(20-15(11-25-2)16-7-4-8-26-16)21-18(19-12)13-5-3-6-14(10-13)22(23)24/h3-10,15H,11H2,1-2H3,(H,19,20,21). The van der Waals surface area contributed by atoms with Crippen LogP contribution in [0, 0.1) is 17.0 Å². The average molecular weight is 354 g/mol. The number of aryl methyl sites for hydroxylation is 1. The van der Waals surface area contributed by atoms with Crippen LogP contribution in [-0.2, 0) is 4.74 Å². The molecular formula is C18H18N4O4. The number of non-ortho nitro benzene ring substituents is 1. The average Bonchev–Trinajstić information content (AvgIpc) is 3.15. The summed E-state index contributed by atoms with van der Waals surface area (Å²) in [5.41, 5.74) is 1.31. The number of nitrogens with one attached hydrogen (secondary N) is 1. The predicted molar refractivity (Wildman–Crippen MR) is 95.8 cm³/mol. The summed E-state index contributed by atoms with van der Waals surface area (Å²) in [4.78, 5) is 19.4. The largest absolute Gasteiger partial charge is 0.467 e. The van der Waals surface area contributed by atoms with Crippen LogP contribution in [-0.4, -0.2) is 28.6 Å². The Hall–Kier alpha value is -3.26. The van der Waals surface area contributed by atoms with Gasteiger partial charge < -0.3 is 14.5 Å². The topological polar surface area (TPSA) is 103 Å². The van der Waals surface area contributed by atoms with E-state index < -0.39 is 4.92 Å². The smallest absolute Gasteiger partial charge is 0.270 e. The number of hydrogen-bond acceptors (Lipinski definition) is 7. The summed E-state index contributed by atoms with van der Waals surface area (Å²) in [5.74, 6) is 1.71. The molecule has 0 aliphatic heterocycles. The van der Waals surface area contributed by atoms with Gasteiger partial charge in [-0.25, -0.2) is 9.97 Å². The zero-order valence-corrected chi connectivity index (χ0v) is 14.4. The Morgan fingerprint density at radius 1 is 1.27 bits per heavy atom. The number of nitro benzene ring substituents is 1. The number of anilines is 1. The molecule has 3 rings (SSSR count). The van der Waals surface area contributed by atoms with Gasteiger partial charge in [0.15, 0.2) is 5.82 Å². The second-order valence-electron chi connectivity index (χ2n) is 5.69. The van der Waals surface area contributed by atoms with Gasteiger partial charge in [0.1, 0.15) is 17.6 Å². The molecule has 0 bridgehead atoms. The summed E-state index contributed by atoms with van der Waals surface area (Å²) in [5, 5.41) is 14.3. The van der Waals surface area contributed by atoms with Crippen molar-refractivity contribution in [2.45, 2.75) is 13.0 Å². The number of nitro groups is 1. The summed E-state index contributed by atoms with van der Waals surface area (Å²) in [6.45, 7) is 2.23. The number of nitrogens with zero attached hydrogens (tertiary/aromatic N) is 3. The molecule has 2 heterocycles. The molecule has 0 fully saturated rings. The number of aromatic nitrogens is 2. The minimum absolute atomic E-state index is 0.00467. The first-order valence-electron chi connectivity index (χ1n) is 7.96. The molecule has 0 spiro atoms. The van der Waals surface area contributed by atoms with Crippen molar-refractivity contribution in [1.82, 2.24) is 9.97 Å². The molecule has 1 aromatic carbocycles. The van der Waals surface area contributed by atoms with Crippen LogP contribution in [0.2, 0.25) is 0 Å². The SMILES string of the molecule is COCC(Nc1cc(C)nc(-c2cccc([N+](=O)[O-])c2)n1)c1ccco1. The van der Waals surface area contributed by atoms with Gasteiger partial charge >= 0.3 is 0 Å². The second-order valence-corrected chi connectivity index (χ2v) is 5.69. The Morgan fingerprint density at radius 2 is 2.12 bits per heavy atom. The third-order valence-corrected chi connectivity index (χ3v) is 3.71. The van der Waals surface area contributed by atoms with Gasteiger partial charge in [0.2, 0.25) is 0 Å². The monoisotopic (exact) mass is 354 g/mol. The fourth-order valence-electron chi connectivity index (χ4n) is 2.56. The van der Waals surface area contributed by atoms with E-state index in [0.29, 0.717) is 23.8 Å². The van der Waals surface area contributed by atoms with Crippen LogP contribution in [0.3, 0.4) is 0 Å². The number of benzene rings is 1. The zero-order chi connectivity index (χ0) is 18.5. The highest BCUT2D eigenvalue weighted by Gasteiger charge is 2.16. The summed E-state index contributed by atoms with van der Waals surface area (Å²) in [7, 11) is 1.61. The quantitative estimate of drug-likeness (QED) is 0.509. The van der Waals surface area contributed by atoms with Crippen molar-refractivity contribution in [3.63, 3.8) is 0 Å². The maximum absolute atomic E-state index is 11.0. The third kappa shape index (κ3) is 4.04. The van der Waals surface area contributed by atoms with Crippen molar-refractivity contribution in [3.05, 3.63) is 70.3 Å². The van der Waals surface area contributed by atoms with E-state index in [0.717, 1.165) is 11.5 Å². The number of rotatable bonds is 7. The molecule has 0 amide bonds. The second kappa shape index (κ2) is 7.75. The van der Waals surface area contributed by atoms with Crippen LogP contribution in [0.4, 0.5) is 11.5 Å². The fraction of sp³-hybridized carbons (Fsp3) is 0.222. The molecular weight excluding hydrogens is 336 g/mol. The summed E-state index contributed by atoms with van der Waals surface area (Å²) in [6, 6.07) is 11.5. The van der Waals surface area contributed by atoms with Gasteiger partial charge in [-0.2, -0.15) is 0 Å². The lowest BCUT2D eigenvalue weighted by atomic mass is 10.2. The van der Waals surface area contributed by atoms with E-state index in [1.54, 1.807) is 37.6 Å². The third-order valence-electron chi connectivity index (χ3n) is 3.71. The molecule has 0 saturated heterocycles. The van der Waals surface area contributed by atoms with Gasteiger partial charge in [-0.15, -0.1) is 0 Å². The van der Waals surface area contributed by atoms with Crippen molar-refractivity contribution in [2.24, 2.45) is 0 Å². The highest BCUT2D eigenvalue weighted by Crippen LogP contribution is 2.24. The first kappa shape index (κ1) is 17.6. The molecule has 0 aliphatic carbocycles. The fourth-order valence-corrected chi connectivity index (χ4v) is 2.56. The van der Waals surface area contributed by atoms with E-state index in [1.165, 1.54) is 12.1 Å². The van der Waals surface area contributed by atoms with Gasteiger partial charge in [0.05, 0.1) is 17.8 Å². The van der Waals surface area contributed by atoms with Gasteiger partial charge in [-0.3, -0.25) is 10.1 Å². The Labute approximate surface area is 150 Å². The van der Waals surface area contributed by atoms with Crippen molar-refractivity contribution in [3.8, 4) is 11.4 Å². The van der Waals surface area contributed by atoms with Crippen LogP contribution < -0.4 is 5.32 Å². The van der Waals surface area contributed by atoms with Crippen molar-refractivity contribution >= 4 is 11.5 Å². The first-order valence-corrected chi connectivity index (χ1v) is 7.96. The molecule has 1 N–H and O–H groups in total. The highest BCUT2D eigenvalue weighted by atomic mass is 16.6. The van der Waals surface area contributed by atoms with Gasteiger partial charge in [0.25, 0.3) is 5.69 Å². The van der Waals surface area contributed by atoms with Gasteiger partial charge in [0, 0.05) is 36.6 Å². The lowest BCUT2D eigenvalue weighted by Gasteiger charge is -2.17. The first-order chi connectivity index (χ1) is 12.6. The van der Waals surface area contributed by atoms with E-state index in [9.17, 15) is 10.1 Å². The number of hydrogen-bond donors (Lipinski definition) is 1. The Bertz CT molecular complexity index is 896. The van der Waals surface area contributed by atoms with Crippen molar-refractivity contribution in [1.29, 1.82) is 0 Å². The van der Waals surface area contributed by atoms with Crippen LogP contribution >= 0.6 is 0 Å². The van der Waals surface area contributed by atoms with E-state index in [1.807, 2.05) is 13.0 Å². The molecule has 3 aromatic rings. The zero-order valence-electron chi connectivity index (χ0n) is 14.4. The molecule has 0 aliphatic rings. The van der Waals surface area contributed by atoms with E-state index in [-0.39, 0.29) is 11.7 Å². The summed E-state index contributed by atoms with van der Waals surface area (Å²) in [6.07, 6.45) is 1.60. The number of methoxy groups -OCH3 is 1. The normalized spacial score (nSPS) is 11.9. The molecule has 2 aromatic heterocycles. The maximum atomic E-state index is 11.0. The summed E-state index contributed by atoms with van der Waals surface area (Å²) < 4.78 is 10.7. The lowest BCUT2D eigenvalue weighted by molar-refractivity contribution is -0.384. The number of furan rings is 1. The Balaban J connectivity index is 1.92. The predicted octanol–water partition coefficient (Wildman–Crippen LogP) is 3.75. The highest BCUT2D eigenvalue weighted by molar-refractivity contribution is 5.61. The molecule has 134 valence electrons. The van der Waals surface area contributed by atoms with E-state index in [4.69, 9.17) is 9.15 Å². The lowest BCUT2D eigenvalue weighted by Crippen LogP contribution is -2.17. The van der Waals surface area contributed by atoms with E-state index in [2.05, 4.69) is 15.3 Å². The maximum Gasteiger partial charge on any atom is 0.270 e. The molecule has 0 radical (unpaired) electrons. The van der Waals surface area contributed by atoms with Crippen LogP contribution in [0.15, 0.2) is 53.1 Å². The minimum atomic E-state index is -0.440. The van der Waals surface area contributed by atoms with Crippen molar-refractivity contribution in [2.75, 3.05) is 19.0 Å². The minimum Gasteiger partial charge on any atom is -0.467 e. The molecule has 1 unspecified atom stereocenters. The van der Waals surface area contributed by atoms with Gasteiger partial charge in [-0.1, -0.05) is 12.1 Å².